The fraction of sp³-hybridized carbons (Fsp3) is 0.364. The van der Waals surface area contributed by atoms with E-state index in [1.165, 1.54) is 0 Å². The monoisotopic (exact) mass is 243 g/mol. The first kappa shape index (κ1) is 12.2. The molecule has 0 saturated carbocycles. The molecule has 1 aromatic carbocycles. The van der Waals surface area contributed by atoms with Crippen molar-refractivity contribution >= 4 is 23.2 Å². The maximum Gasteiger partial charge on any atom is 0.139 e. The Labute approximate surface area is 99.4 Å². The summed E-state index contributed by atoms with van der Waals surface area (Å²) < 4.78 is 5.43. The molecule has 15 heavy (non-hydrogen) atoms. The summed E-state index contributed by atoms with van der Waals surface area (Å²) in [6.45, 7) is 3.88. The van der Waals surface area contributed by atoms with Crippen molar-refractivity contribution in [2.24, 2.45) is 5.41 Å². The van der Waals surface area contributed by atoms with E-state index >= 15 is 0 Å². The van der Waals surface area contributed by atoms with Gasteiger partial charge in [-0.05, 0) is 26.0 Å². The fourth-order valence-electron chi connectivity index (χ4n) is 0.878. The molecule has 0 aliphatic rings. The number of nitrogens with zero attached hydrogens (tertiary/aromatic N) is 1. The second kappa shape index (κ2) is 4.74. The van der Waals surface area contributed by atoms with Crippen LogP contribution in [0.1, 0.15) is 13.8 Å². The summed E-state index contributed by atoms with van der Waals surface area (Å²) >= 11 is 11.7. The predicted octanol–water partition coefficient (Wildman–Crippen LogP) is 3.92. The van der Waals surface area contributed by atoms with E-state index in [4.69, 9.17) is 33.2 Å². The molecule has 0 aliphatic carbocycles. The van der Waals surface area contributed by atoms with Gasteiger partial charge in [0.05, 0.1) is 16.5 Å². The Hall–Kier alpha value is -0.910. The molecule has 0 unspecified atom stereocenters. The van der Waals surface area contributed by atoms with Crippen LogP contribution in [0.25, 0.3) is 0 Å². The first-order valence-corrected chi connectivity index (χ1v) is 5.19. The van der Waals surface area contributed by atoms with Gasteiger partial charge >= 0.3 is 0 Å². The fourth-order valence-corrected chi connectivity index (χ4v) is 1.21. The topological polar surface area (TPSA) is 33.0 Å². The Bertz CT molecular complexity index is 396. The first-order valence-electron chi connectivity index (χ1n) is 4.44. The molecule has 0 N–H and O–H groups in total. The Kier molecular flexibility index (Phi) is 3.84. The third-order valence-corrected chi connectivity index (χ3v) is 2.33. The zero-order valence-electron chi connectivity index (χ0n) is 8.55. The molecular weight excluding hydrogens is 233 g/mol. The zero-order valence-corrected chi connectivity index (χ0v) is 10.1. The molecule has 0 amide bonds. The van der Waals surface area contributed by atoms with Crippen LogP contribution in [0.15, 0.2) is 18.2 Å². The quantitative estimate of drug-likeness (QED) is 0.807. The molecule has 0 heterocycles. The molecule has 0 saturated heterocycles. The van der Waals surface area contributed by atoms with E-state index in [0.29, 0.717) is 15.8 Å². The summed E-state index contributed by atoms with van der Waals surface area (Å²) in [5, 5.41) is 9.86. The Balaban J connectivity index is 2.74. The van der Waals surface area contributed by atoms with Gasteiger partial charge in [0.1, 0.15) is 12.4 Å². The highest BCUT2D eigenvalue weighted by atomic mass is 35.5. The standard InChI is InChI=1S/C11H11Cl2NO/c1-11(2,6-14)7-15-10-5-8(12)3-4-9(10)13/h3-5H,7H2,1-2H3. The van der Waals surface area contributed by atoms with Crippen LogP contribution in [-0.2, 0) is 0 Å². The SMILES string of the molecule is CC(C)(C#N)COc1cc(Cl)ccc1Cl. The number of nitriles is 1. The van der Waals surface area contributed by atoms with E-state index < -0.39 is 5.41 Å². The minimum Gasteiger partial charge on any atom is -0.490 e. The molecule has 0 aromatic heterocycles. The molecule has 0 radical (unpaired) electrons. The van der Waals surface area contributed by atoms with Crippen molar-refractivity contribution in [3.05, 3.63) is 28.2 Å². The van der Waals surface area contributed by atoms with E-state index in [0.717, 1.165) is 0 Å². The second-order valence-electron chi connectivity index (χ2n) is 3.86. The van der Waals surface area contributed by atoms with Crippen LogP contribution in [0.3, 0.4) is 0 Å². The van der Waals surface area contributed by atoms with Gasteiger partial charge in [-0.1, -0.05) is 23.2 Å². The molecule has 0 spiro atoms. The van der Waals surface area contributed by atoms with E-state index in [2.05, 4.69) is 6.07 Å². The van der Waals surface area contributed by atoms with Crippen LogP contribution < -0.4 is 4.74 Å². The molecule has 80 valence electrons. The van der Waals surface area contributed by atoms with Crippen LogP contribution in [0.5, 0.6) is 5.75 Å². The average molecular weight is 244 g/mol. The molecule has 0 atom stereocenters. The lowest BCUT2D eigenvalue weighted by Crippen LogP contribution is -2.19. The maximum absolute atomic E-state index is 8.81. The minimum atomic E-state index is -0.536. The van der Waals surface area contributed by atoms with Gasteiger partial charge in [-0.2, -0.15) is 5.26 Å². The molecule has 0 bridgehead atoms. The van der Waals surface area contributed by atoms with Crippen molar-refractivity contribution in [1.29, 1.82) is 5.26 Å². The molecule has 0 fully saturated rings. The highest BCUT2D eigenvalue weighted by molar-refractivity contribution is 6.34. The van der Waals surface area contributed by atoms with Crippen molar-refractivity contribution in [3.63, 3.8) is 0 Å². The maximum atomic E-state index is 8.81. The van der Waals surface area contributed by atoms with Gasteiger partial charge in [0.25, 0.3) is 0 Å². The van der Waals surface area contributed by atoms with E-state index in [1.807, 2.05) is 0 Å². The summed E-state index contributed by atoms with van der Waals surface area (Å²) in [5.41, 5.74) is -0.536. The average Bonchev–Trinajstić information content (AvgIpc) is 2.20. The van der Waals surface area contributed by atoms with Crippen LogP contribution in [0.2, 0.25) is 10.0 Å². The first-order chi connectivity index (χ1) is 6.94. The largest absolute Gasteiger partial charge is 0.490 e. The van der Waals surface area contributed by atoms with Crippen LogP contribution >= 0.6 is 23.2 Å². The smallest absolute Gasteiger partial charge is 0.139 e. The highest BCUT2D eigenvalue weighted by Gasteiger charge is 2.18. The summed E-state index contributed by atoms with van der Waals surface area (Å²) in [7, 11) is 0. The van der Waals surface area contributed by atoms with Crippen LogP contribution in [0.4, 0.5) is 0 Å². The number of benzene rings is 1. The summed E-state index contributed by atoms with van der Waals surface area (Å²) in [5.74, 6) is 0.507. The predicted molar refractivity (Wildman–Crippen MR) is 61.4 cm³/mol. The van der Waals surface area contributed by atoms with Crippen LogP contribution in [-0.4, -0.2) is 6.61 Å². The number of hydrogen-bond donors (Lipinski definition) is 0. The third kappa shape index (κ3) is 3.62. The Morgan fingerprint density at radius 1 is 1.40 bits per heavy atom. The van der Waals surface area contributed by atoms with E-state index in [-0.39, 0.29) is 6.61 Å². The molecule has 4 heteroatoms. The minimum absolute atomic E-state index is 0.281. The van der Waals surface area contributed by atoms with Crippen molar-refractivity contribution in [3.8, 4) is 11.8 Å². The van der Waals surface area contributed by atoms with Gasteiger partial charge in [-0.25, -0.2) is 0 Å². The zero-order chi connectivity index (χ0) is 11.5. The van der Waals surface area contributed by atoms with Gasteiger partial charge in [-0.3, -0.25) is 0 Å². The molecular formula is C11H11Cl2NO. The number of halogens is 2. The Morgan fingerprint density at radius 2 is 2.07 bits per heavy atom. The van der Waals surface area contributed by atoms with Crippen molar-refractivity contribution in [2.45, 2.75) is 13.8 Å². The third-order valence-electron chi connectivity index (χ3n) is 1.78. The lowest BCUT2D eigenvalue weighted by molar-refractivity contribution is 0.227. The van der Waals surface area contributed by atoms with Gasteiger partial charge < -0.3 is 4.74 Å². The normalized spacial score (nSPS) is 10.9. The molecule has 1 rings (SSSR count). The van der Waals surface area contributed by atoms with Gasteiger partial charge in [0, 0.05) is 11.1 Å². The van der Waals surface area contributed by atoms with Gasteiger partial charge in [-0.15, -0.1) is 0 Å². The highest BCUT2D eigenvalue weighted by Crippen LogP contribution is 2.29. The molecule has 0 aliphatic heterocycles. The lowest BCUT2D eigenvalue weighted by atomic mass is 9.98. The van der Waals surface area contributed by atoms with Crippen molar-refractivity contribution < 1.29 is 4.74 Å². The number of hydrogen-bond acceptors (Lipinski definition) is 2. The van der Waals surface area contributed by atoms with Gasteiger partial charge in [0.2, 0.25) is 0 Å². The van der Waals surface area contributed by atoms with E-state index in [9.17, 15) is 0 Å². The lowest BCUT2D eigenvalue weighted by Gasteiger charge is -2.16. The summed E-state index contributed by atoms with van der Waals surface area (Å²) in [6, 6.07) is 7.13. The number of rotatable bonds is 3. The number of ether oxygens (including phenoxy) is 1. The van der Waals surface area contributed by atoms with Crippen LogP contribution in [0, 0.1) is 16.7 Å². The molecule has 2 nitrogen and oxygen atoms in total. The summed E-state index contributed by atoms with van der Waals surface area (Å²) in [6.07, 6.45) is 0. The van der Waals surface area contributed by atoms with E-state index in [1.54, 1.807) is 32.0 Å². The molecule has 1 aromatic rings. The van der Waals surface area contributed by atoms with Crippen molar-refractivity contribution in [2.75, 3.05) is 6.61 Å². The Morgan fingerprint density at radius 3 is 2.67 bits per heavy atom. The second-order valence-corrected chi connectivity index (χ2v) is 4.70. The summed E-state index contributed by atoms with van der Waals surface area (Å²) in [4.78, 5) is 0. The van der Waals surface area contributed by atoms with Gasteiger partial charge in [0.15, 0.2) is 0 Å². The van der Waals surface area contributed by atoms with Crippen molar-refractivity contribution in [1.82, 2.24) is 0 Å².